The topological polar surface area (TPSA) is 78.7 Å². The summed E-state index contributed by atoms with van der Waals surface area (Å²) >= 11 is 3.04. The van der Waals surface area contributed by atoms with Gasteiger partial charge in [-0.2, -0.15) is 0 Å². The molecule has 0 atom stereocenters. The van der Waals surface area contributed by atoms with E-state index in [1.54, 1.807) is 42.6 Å². The summed E-state index contributed by atoms with van der Waals surface area (Å²) < 4.78 is 10.6. The van der Waals surface area contributed by atoms with E-state index in [2.05, 4.69) is 4.98 Å². The van der Waals surface area contributed by atoms with Gasteiger partial charge in [-0.05, 0) is 23.6 Å². The number of amidine groups is 1. The molecule has 0 spiro atoms. The summed E-state index contributed by atoms with van der Waals surface area (Å²) in [5.41, 5.74) is 2.08. The highest BCUT2D eigenvalue weighted by molar-refractivity contribution is 7.14. The van der Waals surface area contributed by atoms with Gasteiger partial charge < -0.3 is 19.5 Å². The van der Waals surface area contributed by atoms with Gasteiger partial charge in [0.05, 0.1) is 36.9 Å². The van der Waals surface area contributed by atoms with Crippen molar-refractivity contribution in [2.24, 2.45) is 0 Å². The molecule has 3 heterocycles. The molecule has 138 valence electrons. The van der Waals surface area contributed by atoms with Crippen molar-refractivity contribution in [1.29, 1.82) is 5.41 Å². The molecule has 1 aromatic carbocycles. The molecule has 27 heavy (non-hydrogen) atoms. The van der Waals surface area contributed by atoms with Crippen molar-refractivity contribution in [3.8, 4) is 22.1 Å². The number of ether oxygens (including phenoxy) is 2. The number of nitrogens with one attached hydrogen (secondary N) is 1. The van der Waals surface area contributed by atoms with E-state index in [-0.39, 0.29) is 18.1 Å². The molecule has 0 bridgehead atoms. The molecule has 8 heteroatoms. The molecule has 2 N–H and O–H groups in total. The first-order valence-electron chi connectivity index (χ1n) is 8.12. The Morgan fingerprint density at radius 1 is 1.15 bits per heavy atom. The largest absolute Gasteiger partial charge is 0.510 e. The zero-order chi connectivity index (χ0) is 19.0. The Balaban J connectivity index is 1.64. The van der Waals surface area contributed by atoms with E-state index in [1.807, 2.05) is 29.0 Å². The first-order valence-corrected chi connectivity index (χ1v) is 9.88. The minimum atomic E-state index is 0.141. The van der Waals surface area contributed by atoms with E-state index < -0.39 is 0 Å². The average Bonchev–Trinajstić information content (AvgIpc) is 3.41. The number of aliphatic hydroxyl groups is 1. The van der Waals surface area contributed by atoms with Crippen LogP contribution < -0.4 is 14.4 Å². The quantitative estimate of drug-likeness (QED) is 0.653. The van der Waals surface area contributed by atoms with Crippen LogP contribution in [0, 0.1) is 5.41 Å². The highest BCUT2D eigenvalue weighted by Gasteiger charge is 2.31. The van der Waals surface area contributed by atoms with E-state index in [0.717, 1.165) is 16.3 Å². The molecule has 0 aliphatic carbocycles. The van der Waals surface area contributed by atoms with Gasteiger partial charge in [-0.25, -0.2) is 4.98 Å². The molecule has 0 saturated carbocycles. The molecule has 0 saturated heterocycles. The fourth-order valence-electron chi connectivity index (χ4n) is 2.94. The number of rotatable bonds is 5. The van der Waals surface area contributed by atoms with Crippen molar-refractivity contribution >= 4 is 39.8 Å². The van der Waals surface area contributed by atoms with Crippen molar-refractivity contribution < 1.29 is 14.6 Å². The first kappa shape index (κ1) is 17.6. The van der Waals surface area contributed by atoms with E-state index in [0.29, 0.717) is 22.1 Å². The predicted octanol–water partition coefficient (Wildman–Crippen LogP) is 4.66. The molecule has 0 amide bonds. The maximum absolute atomic E-state index is 10.5. The van der Waals surface area contributed by atoms with Crippen LogP contribution in [0.4, 0.5) is 5.69 Å². The number of benzene rings is 1. The molecule has 3 aromatic rings. The number of thiophene rings is 1. The summed E-state index contributed by atoms with van der Waals surface area (Å²) in [4.78, 5) is 7.41. The van der Waals surface area contributed by atoms with Crippen LogP contribution in [0.2, 0.25) is 0 Å². The smallest absolute Gasteiger partial charge is 0.162 e. The lowest BCUT2D eigenvalue weighted by Crippen LogP contribution is -2.26. The van der Waals surface area contributed by atoms with Crippen LogP contribution in [0.15, 0.2) is 46.9 Å². The summed E-state index contributed by atoms with van der Waals surface area (Å²) in [5, 5.41) is 23.7. The van der Waals surface area contributed by atoms with Gasteiger partial charge in [0.2, 0.25) is 0 Å². The Morgan fingerprint density at radius 3 is 2.67 bits per heavy atom. The minimum Gasteiger partial charge on any atom is -0.510 e. The fourth-order valence-corrected chi connectivity index (χ4v) is 4.59. The van der Waals surface area contributed by atoms with Gasteiger partial charge in [-0.1, -0.05) is 6.07 Å². The highest BCUT2D eigenvalue weighted by Crippen LogP contribution is 2.37. The lowest BCUT2D eigenvalue weighted by molar-refractivity contribution is 0.355. The van der Waals surface area contributed by atoms with Crippen LogP contribution in [0.25, 0.3) is 16.1 Å². The molecule has 1 aliphatic rings. The molecule has 6 nitrogen and oxygen atoms in total. The average molecular weight is 399 g/mol. The third kappa shape index (κ3) is 3.07. The molecular formula is C19H17N3O3S2. The molecular weight excluding hydrogens is 382 g/mol. The van der Waals surface area contributed by atoms with Crippen molar-refractivity contribution in [1.82, 2.24) is 4.98 Å². The minimum absolute atomic E-state index is 0.141. The van der Waals surface area contributed by atoms with Gasteiger partial charge in [0, 0.05) is 17.1 Å². The van der Waals surface area contributed by atoms with E-state index in [4.69, 9.17) is 14.9 Å². The standard InChI is InChI=1S/C19H17N3O3S2/c1-24-14-6-5-11(8-15(14)25-2)22-9-13(23)17(18(22)20)19-21-12(10-27-19)16-4-3-7-26-16/h3-8,10,20,23H,9H2,1-2H3. The SMILES string of the molecule is COc1ccc(N2CC(O)=C(c3nc(-c4cccs4)cs3)C2=N)cc1OC. The molecule has 0 radical (unpaired) electrons. The number of aliphatic hydroxyl groups excluding tert-OH is 1. The van der Waals surface area contributed by atoms with Gasteiger partial charge in [0.15, 0.2) is 11.5 Å². The Morgan fingerprint density at radius 2 is 1.96 bits per heavy atom. The van der Waals surface area contributed by atoms with Crippen molar-refractivity contribution in [3.05, 3.63) is 51.9 Å². The van der Waals surface area contributed by atoms with Gasteiger partial charge in [-0.15, -0.1) is 22.7 Å². The van der Waals surface area contributed by atoms with Crippen LogP contribution in [-0.4, -0.2) is 36.7 Å². The lowest BCUT2D eigenvalue weighted by atomic mass is 10.2. The summed E-state index contributed by atoms with van der Waals surface area (Å²) in [6.45, 7) is 0.220. The fraction of sp³-hybridized carbons (Fsp3) is 0.158. The Kier molecular flexibility index (Phi) is 4.59. The molecule has 0 unspecified atom stereocenters. The lowest BCUT2D eigenvalue weighted by Gasteiger charge is -2.20. The van der Waals surface area contributed by atoms with Gasteiger partial charge in [0.25, 0.3) is 0 Å². The van der Waals surface area contributed by atoms with Crippen molar-refractivity contribution in [2.45, 2.75) is 0 Å². The maximum Gasteiger partial charge on any atom is 0.162 e. The second-order valence-corrected chi connectivity index (χ2v) is 7.62. The summed E-state index contributed by atoms with van der Waals surface area (Å²) in [7, 11) is 3.15. The highest BCUT2D eigenvalue weighted by atomic mass is 32.1. The molecule has 0 fully saturated rings. The number of nitrogens with zero attached hydrogens (tertiary/aromatic N) is 2. The van der Waals surface area contributed by atoms with Crippen LogP contribution >= 0.6 is 22.7 Å². The normalized spacial score (nSPS) is 14.1. The number of thiazole rings is 1. The number of aromatic nitrogens is 1. The Bertz CT molecular complexity index is 1020. The molecule has 2 aromatic heterocycles. The van der Waals surface area contributed by atoms with Crippen LogP contribution in [0.5, 0.6) is 11.5 Å². The van der Waals surface area contributed by atoms with Gasteiger partial charge in [0.1, 0.15) is 16.6 Å². The monoisotopic (exact) mass is 399 g/mol. The number of methoxy groups -OCH3 is 2. The van der Waals surface area contributed by atoms with Crippen LogP contribution in [-0.2, 0) is 0 Å². The first-order chi connectivity index (χ1) is 13.1. The van der Waals surface area contributed by atoms with Crippen molar-refractivity contribution in [3.63, 3.8) is 0 Å². The van der Waals surface area contributed by atoms with Crippen molar-refractivity contribution in [2.75, 3.05) is 25.7 Å². The second-order valence-electron chi connectivity index (χ2n) is 5.81. The molecule has 4 rings (SSSR count). The van der Waals surface area contributed by atoms with E-state index in [1.165, 1.54) is 11.3 Å². The number of hydrogen-bond donors (Lipinski definition) is 2. The van der Waals surface area contributed by atoms with E-state index >= 15 is 0 Å². The summed E-state index contributed by atoms with van der Waals surface area (Å²) in [5.74, 6) is 1.54. The number of anilines is 1. The summed E-state index contributed by atoms with van der Waals surface area (Å²) in [6.07, 6.45) is 0. The third-order valence-electron chi connectivity index (χ3n) is 4.27. The zero-order valence-electron chi connectivity index (χ0n) is 14.7. The summed E-state index contributed by atoms with van der Waals surface area (Å²) in [6, 6.07) is 9.40. The maximum atomic E-state index is 10.5. The second kappa shape index (κ2) is 7.05. The van der Waals surface area contributed by atoms with Gasteiger partial charge >= 0.3 is 0 Å². The van der Waals surface area contributed by atoms with Crippen LogP contribution in [0.1, 0.15) is 5.01 Å². The molecule has 1 aliphatic heterocycles. The Hall–Kier alpha value is -2.84. The third-order valence-corrected chi connectivity index (χ3v) is 6.03. The predicted molar refractivity (Wildman–Crippen MR) is 110 cm³/mol. The Labute approximate surface area is 164 Å². The zero-order valence-corrected chi connectivity index (χ0v) is 16.4. The van der Waals surface area contributed by atoms with Crippen LogP contribution in [0.3, 0.4) is 0 Å². The van der Waals surface area contributed by atoms with E-state index in [9.17, 15) is 5.11 Å². The number of hydrogen-bond acceptors (Lipinski definition) is 7. The van der Waals surface area contributed by atoms with Gasteiger partial charge in [-0.3, -0.25) is 5.41 Å².